The van der Waals surface area contributed by atoms with E-state index in [1.807, 2.05) is 17.8 Å². The van der Waals surface area contributed by atoms with Crippen molar-refractivity contribution in [3.63, 3.8) is 0 Å². The van der Waals surface area contributed by atoms with Crippen LogP contribution in [0.5, 0.6) is 0 Å². The van der Waals surface area contributed by atoms with Crippen LogP contribution in [-0.2, 0) is 24.7 Å². The summed E-state index contributed by atoms with van der Waals surface area (Å²) in [4.78, 5) is 11.7. The van der Waals surface area contributed by atoms with Crippen molar-refractivity contribution in [3.05, 3.63) is 17.5 Å². The van der Waals surface area contributed by atoms with E-state index in [9.17, 15) is 4.79 Å². The van der Waals surface area contributed by atoms with E-state index in [0.717, 1.165) is 17.8 Å². The third-order valence-corrected chi connectivity index (χ3v) is 3.50. The topological polar surface area (TPSA) is 34.9 Å². The largest absolute Gasteiger partial charge is 0.298 e. The molecule has 0 saturated heterocycles. The number of thioether (sulfide) groups is 1. The predicted molar refractivity (Wildman–Crippen MR) is 68.9 cm³/mol. The summed E-state index contributed by atoms with van der Waals surface area (Å²) >= 11 is 1.70. The van der Waals surface area contributed by atoms with Gasteiger partial charge < -0.3 is 0 Å². The quantitative estimate of drug-likeness (QED) is 0.765. The molecule has 0 aromatic carbocycles. The van der Waals surface area contributed by atoms with E-state index in [-0.39, 0.29) is 5.78 Å². The number of aromatic nitrogens is 2. The summed E-state index contributed by atoms with van der Waals surface area (Å²) in [6, 6.07) is 2.03. The van der Waals surface area contributed by atoms with Crippen LogP contribution in [0.15, 0.2) is 6.07 Å². The van der Waals surface area contributed by atoms with Crippen molar-refractivity contribution in [3.8, 4) is 0 Å². The first-order valence-corrected chi connectivity index (χ1v) is 6.73. The fourth-order valence-corrected chi connectivity index (χ4v) is 2.04. The first-order chi connectivity index (χ1) is 7.52. The van der Waals surface area contributed by atoms with Gasteiger partial charge in [0.25, 0.3) is 0 Å². The number of Topliss-reactive ketones (excluding diaryl/α,β-unsaturated/α-hetero) is 1. The van der Waals surface area contributed by atoms with E-state index in [4.69, 9.17) is 0 Å². The van der Waals surface area contributed by atoms with Crippen LogP contribution in [0.25, 0.3) is 0 Å². The molecule has 1 aromatic heterocycles. The lowest BCUT2D eigenvalue weighted by molar-refractivity contribution is -0.116. The molecule has 0 bridgehead atoms. The Morgan fingerprint density at radius 3 is 2.75 bits per heavy atom. The lowest BCUT2D eigenvalue weighted by Gasteiger charge is -2.04. The third-order valence-electron chi connectivity index (χ3n) is 2.35. The Balaban J connectivity index is 2.52. The molecule has 0 unspecified atom stereocenters. The number of rotatable bonds is 6. The van der Waals surface area contributed by atoms with Gasteiger partial charge in [-0.25, -0.2) is 0 Å². The van der Waals surface area contributed by atoms with Crippen molar-refractivity contribution in [2.45, 2.75) is 38.9 Å². The van der Waals surface area contributed by atoms with Gasteiger partial charge in [0.15, 0.2) is 0 Å². The second-order valence-corrected chi connectivity index (χ2v) is 5.74. The summed E-state index contributed by atoms with van der Waals surface area (Å²) < 4.78 is 1.82. The van der Waals surface area contributed by atoms with Crippen LogP contribution < -0.4 is 0 Å². The van der Waals surface area contributed by atoms with Gasteiger partial charge in [-0.2, -0.15) is 16.9 Å². The van der Waals surface area contributed by atoms with E-state index >= 15 is 0 Å². The summed E-state index contributed by atoms with van der Waals surface area (Å²) in [5, 5.41) is 4.85. The van der Waals surface area contributed by atoms with Crippen molar-refractivity contribution in [1.82, 2.24) is 9.78 Å². The van der Waals surface area contributed by atoms with E-state index < -0.39 is 0 Å². The Bertz CT molecular complexity index is 358. The summed E-state index contributed by atoms with van der Waals surface area (Å²) in [5.41, 5.74) is 2.08. The average Bonchev–Trinajstić information content (AvgIpc) is 2.57. The maximum atomic E-state index is 11.7. The number of carbonyl (C=O) groups excluding carboxylic acids is 1. The van der Waals surface area contributed by atoms with Crippen molar-refractivity contribution in [1.29, 1.82) is 0 Å². The van der Waals surface area contributed by atoms with Gasteiger partial charge in [-0.1, -0.05) is 20.8 Å². The molecule has 1 heterocycles. The zero-order valence-corrected chi connectivity index (χ0v) is 11.3. The number of nitrogens with zero attached hydrogens (tertiary/aromatic N) is 2. The number of aryl methyl sites for hydroxylation is 2. The number of carbonyl (C=O) groups is 1. The molecular weight excluding hydrogens is 220 g/mol. The Labute approximate surface area is 102 Å². The van der Waals surface area contributed by atoms with Gasteiger partial charge in [0.1, 0.15) is 5.78 Å². The summed E-state index contributed by atoms with van der Waals surface area (Å²) in [6.45, 7) is 6.29. The maximum Gasteiger partial charge on any atom is 0.148 e. The average molecular weight is 240 g/mol. The third kappa shape index (κ3) is 4.00. The van der Waals surface area contributed by atoms with Crippen molar-refractivity contribution < 1.29 is 4.79 Å². The first-order valence-electron chi connectivity index (χ1n) is 5.68. The molecular formula is C12H20N2OS. The Morgan fingerprint density at radius 1 is 1.56 bits per heavy atom. The Kier molecular flexibility index (Phi) is 5.06. The zero-order valence-electron chi connectivity index (χ0n) is 10.5. The minimum Gasteiger partial charge on any atom is -0.298 e. The van der Waals surface area contributed by atoms with Crippen LogP contribution in [0.4, 0.5) is 0 Å². The molecule has 0 aliphatic carbocycles. The highest BCUT2D eigenvalue weighted by atomic mass is 32.2. The fraction of sp³-hybridized carbons (Fsp3) is 0.667. The molecule has 0 fully saturated rings. The number of hydrogen-bond acceptors (Lipinski definition) is 3. The van der Waals surface area contributed by atoms with Gasteiger partial charge in [-0.15, -0.1) is 0 Å². The normalized spacial score (nSPS) is 11.1. The van der Waals surface area contributed by atoms with Crippen LogP contribution in [0.2, 0.25) is 0 Å². The first kappa shape index (κ1) is 13.3. The van der Waals surface area contributed by atoms with Crippen LogP contribution in [-0.4, -0.2) is 26.6 Å². The highest BCUT2D eigenvalue weighted by molar-refractivity contribution is 8.00. The number of hydrogen-bond donors (Lipinski definition) is 0. The van der Waals surface area contributed by atoms with Crippen molar-refractivity contribution >= 4 is 17.5 Å². The van der Waals surface area contributed by atoms with Crippen molar-refractivity contribution in [2.75, 3.05) is 5.75 Å². The Morgan fingerprint density at radius 2 is 2.25 bits per heavy atom. The molecule has 4 heteroatoms. The summed E-state index contributed by atoms with van der Waals surface area (Å²) in [6.07, 6.45) is 1.42. The summed E-state index contributed by atoms with van der Waals surface area (Å²) in [5.74, 6) is 0.883. The molecule has 0 spiro atoms. The van der Waals surface area contributed by atoms with Gasteiger partial charge in [-0.3, -0.25) is 9.48 Å². The molecule has 1 rings (SSSR count). The van der Waals surface area contributed by atoms with E-state index in [2.05, 4.69) is 25.9 Å². The summed E-state index contributed by atoms with van der Waals surface area (Å²) in [7, 11) is 1.90. The smallest absolute Gasteiger partial charge is 0.148 e. The molecule has 16 heavy (non-hydrogen) atoms. The second kappa shape index (κ2) is 6.09. The van der Waals surface area contributed by atoms with Crippen molar-refractivity contribution in [2.24, 2.45) is 7.05 Å². The van der Waals surface area contributed by atoms with Crippen LogP contribution in [0.1, 0.15) is 32.2 Å². The molecule has 90 valence electrons. The lowest BCUT2D eigenvalue weighted by atomic mass is 10.2. The van der Waals surface area contributed by atoms with Crippen LogP contribution in [0.3, 0.4) is 0 Å². The maximum absolute atomic E-state index is 11.7. The predicted octanol–water partition coefficient (Wildman–Crippen LogP) is 2.24. The van der Waals surface area contributed by atoms with E-state index in [1.54, 1.807) is 11.8 Å². The number of ketones is 1. The zero-order chi connectivity index (χ0) is 12.1. The molecule has 1 aromatic rings. The molecule has 0 radical (unpaired) electrons. The minimum absolute atomic E-state index is 0.282. The lowest BCUT2D eigenvalue weighted by Crippen LogP contribution is -2.10. The van der Waals surface area contributed by atoms with Gasteiger partial charge in [-0.05, 0) is 17.7 Å². The fourth-order valence-electron chi connectivity index (χ4n) is 1.42. The van der Waals surface area contributed by atoms with Gasteiger partial charge in [0.05, 0.1) is 11.4 Å². The highest BCUT2D eigenvalue weighted by Gasteiger charge is 2.10. The highest BCUT2D eigenvalue weighted by Crippen LogP contribution is 2.11. The SMILES string of the molecule is CCc1cc(CC(=O)CSC(C)C)n(C)n1. The monoisotopic (exact) mass is 240 g/mol. The van der Waals surface area contributed by atoms with Gasteiger partial charge in [0.2, 0.25) is 0 Å². The molecule has 0 amide bonds. The standard InChI is InChI=1S/C12H20N2OS/c1-5-10-6-11(14(4)13-10)7-12(15)8-16-9(2)3/h6,9H,5,7-8H2,1-4H3. The molecule has 0 atom stereocenters. The minimum atomic E-state index is 0.282. The molecule has 3 nitrogen and oxygen atoms in total. The second-order valence-electron chi connectivity index (χ2n) is 4.18. The molecule has 0 aliphatic heterocycles. The van der Waals surface area contributed by atoms with E-state index in [0.29, 0.717) is 17.4 Å². The van der Waals surface area contributed by atoms with Gasteiger partial charge in [0, 0.05) is 19.2 Å². The molecule has 0 N–H and O–H groups in total. The molecule has 0 saturated carbocycles. The van der Waals surface area contributed by atoms with Crippen LogP contribution in [0, 0.1) is 0 Å². The van der Waals surface area contributed by atoms with Crippen LogP contribution >= 0.6 is 11.8 Å². The van der Waals surface area contributed by atoms with E-state index in [1.165, 1.54) is 0 Å². The molecule has 0 aliphatic rings. The Hall–Kier alpha value is -0.770. The van der Waals surface area contributed by atoms with Gasteiger partial charge >= 0.3 is 0 Å².